The topological polar surface area (TPSA) is 91.1 Å². The molecule has 3 heterocycles. The fourth-order valence-electron chi connectivity index (χ4n) is 4.43. The summed E-state index contributed by atoms with van der Waals surface area (Å²) in [6.45, 7) is 4.83. The summed E-state index contributed by atoms with van der Waals surface area (Å²) in [5, 5.41) is 0.384. The quantitative estimate of drug-likeness (QED) is 0.332. The first-order chi connectivity index (χ1) is 17.2. The number of carbonyl (C=O) groups excluding carboxylic acids is 1. The van der Waals surface area contributed by atoms with Crippen molar-refractivity contribution < 1.29 is 9.53 Å². The number of aromatic nitrogens is 3. The Morgan fingerprint density at radius 3 is 2.51 bits per heavy atom. The van der Waals surface area contributed by atoms with Crippen LogP contribution in [-0.2, 0) is 11.2 Å². The first kappa shape index (κ1) is 22.6. The van der Waals surface area contributed by atoms with E-state index in [0.717, 1.165) is 24.3 Å². The first-order valence-electron chi connectivity index (χ1n) is 11.7. The highest BCUT2D eigenvalue weighted by molar-refractivity contribution is 6.16. The van der Waals surface area contributed by atoms with Crippen LogP contribution in [0, 0.1) is 11.8 Å². The zero-order valence-electron chi connectivity index (χ0n) is 19.6. The smallest absolute Gasteiger partial charge is 0.261 e. The summed E-state index contributed by atoms with van der Waals surface area (Å²) in [7, 11) is 0. The summed E-state index contributed by atoms with van der Waals surface area (Å²) in [6.07, 6.45) is 1.12. The van der Waals surface area contributed by atoms with Gasteiger partial charge in [-0.1, -0.05) is 30.3 Å². The van der Waals surface area contributed by atoms with Gasteiger partial charge in [-0.15, -0.1) is 11.8 Å². The van der Waals surface area contributed by atoms with E-state index in [2.05, 4.69) is 31.7 Å². The average molecular weight is 467 g/mol. The van der Waals surface area contributed by atoms with Crippen molar-refractivity contribution in [3.63, 3.8) is 0 Å². The number of aromatic amines is 2. The number of nitrogens with zero attached hydrogens (tertiary/aromatic N) is 2. The molecule has 1 saturated heterocycles. The van der Waals surface area contributed by atoms with E-state index < -0.39 is 0 Å². The van der Waals surface area contributed by atoms with Crippen LogP contribution in [0.25, 0.3) is 22.2 Å². The Labute approximate surface area is 203 Å². The van der Waals surface area contributed by atoms with Gasteiger partial charge in [0.25, 0.3) is 5.56 Å². The molecule has 0 atom stereocenters. The maximum Gasteiger partial charge on any atom is 0.261 e. The van der Waals surface area contributed by atoms with Crippen molar-refractivity contribution in [3.8, 4) is 23.0 Å². The van der Waals surface area contributed by atoms with E-state index in [1.165, 1.54) is 0 Å². The van der Waals surface area contributed by atoms with Crippen molar-refractivity contribution in [2.45, 2.75) is 19.8 Å². The predicted octanol–water partition coefficient (Wildman–Crippen LogP) is 3.94. The molecule has 7 heteroatoms. The Morgan fingerprint density at radius 1 is 1.06 bits per heavy atom. The van der Waals surface area contributed by atoms with E-state index >= 15 is 0 Å². The number of carbonyl (C=O) groups is 1. The van der Waals surface area contributed by atoms with Crippen LogP contribution in [0.3, 0.4) is 0 Å². The van der Waals surface area contributed by atoms with Crippen molar-refractivity contribution in [3.05, 3.63) is 82.0 Å². The van der Waals surface area contributed by atoms with E-state index in [9.17, 15) is 9.59 Å². The number of morpholine rings is 1. The van der Waals surface area contributed by atoms with Gasteiger partial charge >= 0.3 is 0 Å². The summed E-state index contributed by atoms with van der Waals surface area (Å²) < 4.78 is 5.43. The van der Waals surface area contributed by atoms with Gasteiger partial charge in [-0.2, -0.15) is 0 Å². The van der Waals surface area contributed by atoms with Crippen LogP contribution in [-0.4, -0.2) is 47.0 Å². The molecule has 7 nitrogen and oxygen atoms in total. The molecule has 4 aromatic rings. The van der Waals surface area contributed by atoms with Crippen molar-refractivity contribution in [1.29, 1.82) is 0 Å². The number of fused-ring (bicyclic) bond motifs is 1. The number of ether oxygens (including phenoxy) is 1. The van der Waals surface area contributed by atoms with Crippen LogP contribution in [0.5, 0.6) is 0 Å². The van der Waals surface area contributed by atoms with Crippen LogP contribution in [0.1, 0.15) is 35.2 Å². The lowest BCUT2D eigenvalue weighted by Gasteiger charge is -2.28. The van der Waals surface area contributed by atoms with E-state index in [1.54, 1.807) is 6.92 Å². The van der Waals surface area contributed by atoms with Gasteiger partial charge in [0.05, 0.1) is 24.3 Å². The fourth-order valence-corrected chi connectivity index (χ4v) is 4.43. The minimum atomic E-state index is -0.272. The molecule has 1 fully saturated rings. The summed E-state index contributed by atoms with van der Waals surface area (Å²) in [5.41, 5.74) is 3.43. The number of H-pyrrole nitrogens is 2. The monoisotopic (exact) mass is 466 g/mol. The number of benzene rings is 2. The van der Waals surface area contributed by atoms with Gasteiger partial charge in [0, 0.05) is 42.7 Å². The molecule has 0 saturated carbocycles. The molecule has 0 amide bonds. The Kier molecular flexibility index (Phi) is 6.47. The van der Waals surface area contributed by atoms with Crippen molar-refractivity contribution in [2.24, 2.45) is 0 Å². The van der Waals surface area contributed by atoms with Crippen molar-refractivity contribution in [1.82, 2.24) is 15.0 Å². The van der Waals surface area contributed by atoms with Crippen LogP contribution in [0.4, 0.5) is 5.69 Å². The normalized spacial score (nSPS) is 13.5. The van der Waals surface area contributed by atoms with E-state index in [0.29, 0.717) is 59.7 Å². The number of aryl methyl sites for hydroxylation is 1. The van der Waals surface area contributed by atoms with Crippen molar-refractivity contribution in [2.75, 3.05) is 31.2 Å². The number of hydrogen-bond acceptors (Lipinski definition) is 5. The highest BCUT2D eigenvalue weighted by Gasteiger charge is 2.24. The molecule has 1 aliphatic heterocycles. The molecule has 2 N–H and O–H groups in total. The van der Waals surface area contributed by atoms with E-state index in [1.807, 2.05) is 54.6 Å². The maximum absolute atomic E-state index is 13.7. The molecule has 5 rings (SSSR count). The second-order valence-electron chi connectivity index (χ2n) is 8.38. The highest BCUT2D eigenvalue weighted by atomic mass is 16.5. The lowest BCUT2D eigenvalue weighted by molar-refractivity contribution is 0.103. The molecule has 0 unspecified atom stereocenters. The lowest BCUT2D eigenvalue weighted by Crippen LogP contribution is -2.36. The third-order valence-corrected chi connectivity index (χ3v) is 6.17. The maximum atomic E-state index is 13.7. The molecule has 176 valence electrons. The molecular formula is C28H26N4O3. The van der Waals surface area contributed by atoms with E-state index in [4.69, 9.17) is 4.74 Å². The minimum absolute atomic E-state index is 0.187. The fraction of sp³-hybridized carbons (Fsp3) is 0.250. The second-order valence-corrected chi connectivity index (χ2v) is 8.38. The number of nitrogens with one attached hydrogen (secondary N) is 2. The third kappa shape index (κ3) is 4.61. The molecule has 0 spiro atoms. The van der Waals surface area contributed by atoms with E-state index in [-0.39, 0.29) is 11.3 Å². The Balaban J connectivity index is 1.57. The Bertz CT molecular complexity index is 1470. The second kappa shape index (κ2) is 10.00. The summed E-state index contributed by atoms with van der Waals surface area (Å²) in [6, 6.07) is 17.1. The SMILES string of the molecule is CC#CCCc1nc2[nH]c(C(=O)c3ccc(N4CCOCC4)cc3)c(-c3ccccc3)c2c(=O)[nH]1. The third-order valence-electron chi connectivity index (χ3n) is 6.17. The highest BCUT2D eigenvalue weighted by Crippen LogP contribution is 2.31. The molecular weight excluding hydrogens is 440 g/mol. The first-order valence-corrected chi connectivity index (χ1v) is 11.7. The van der Waals surface area contributed by atoms with Crippen LogP contribution >= 0.6 is 0 Å². The molecule has 0 aliphatic carbocycles. The lowest BCUT2D eigenvalue weighted by atomic mass is 9.98. The number of rotatable bonds is 6. The molecule has 2 aromatic carbocycles. The number of ketones is 1. The zero-order valence-corrected chi connectivity index (χ0v) is 19.6. The van der Waals surface area contributed by atoms with Gasteiger partial charge in [-0.25, -0.2) is 4.98 Å². The number of hydrogen-bond donors (Lipinski definition) is 2. The van der Waals surface area contributed by atoms with Gasteiger partial charge in [0.2, 0.25) is 5.78 Å². The summed E-state index contributed by atoms with van der Waals surface area (Å²) >= 11 is 0. The van der Waals surface area contributed by atoms with Crippen LogP contribution in [0.15, 0.2) is 59.4 Å². The zero-order chi connectivity index (χ0) is 24.2. The van der Waals surface area contributed by atoms with Gasteiger partial charge in [-0.3, -0.25) is 9.59 Å². The molecule has 1 aliphatic rings. The summed E-state index contributed by atoms with van der Waals surface area (Å²) in [5.74, 6) is 6.19. The van der Waals surface area contributed by atoms with Gasteiger partial charge in [0.1, 0.15) is 11.5 Å². The van der Waals surface area contributed by atoms with Crippen LogP contribution in [0.2, 0.25) is 0 Å². The van der Waals surface area contributed by atoms with Gasteiger partial charge in [-0.05, 0) is 36.8 Å². The minimum Gasteiger partial charge on any atom is -0.378 e. The molecule has 0 radical (unpaired) electrons. The standard InChI is InChI=1S/C28H26N4O3/c1-2-3-5-10-22-29-27-24(28(34)30-22)23(19-8-6-4-7-9-19)25(31-27)26(33)20-11-13-21(14-12-20)32-15-17-35-18-16-32/h4,6-9,11-14H,5,10,15-18H2,1H3,(H2,29,30,31,34). The molecule has 35 heavy (non-hydrogen) atoms. The average Bonchev–Trinajstić information content (AvgIpc) is 3.30. The van der Waals surface area contributed by atoms with Gasteiger partial charge in [0.15, 0.2) is 0 Å². The largest absolute Gasteiger partial charge is 0.378 e. The van der Waals surface area contributed by atoms with Gasteiger partial charge < -0.3 is 19.6 Å². The molecule has 0 bridgehead atoms. The molecule has 2 aromatic heterocycles. The Morgan fingerprint density at radius 2 is 1.80 bits per heavy atom. The van der Waals surface area contributed by atoms with Crippen molar-refractivity contribution >= 4 is 22.5 Å². The Hall–Kier alpha value is -4.15. The number of anilines is 1. The summed E-state index contributed by atoms with van der Waals surface area (Å²) in [4.78, 5) is 39.7. The predicted molar refractivity (Wildman–Crippen MR) is 137 cm³/mol. The van der Waals surface area contributed by atoms with Crippen LogP contribution < -0.4 is 10.5 Å².